The van der Waals surface area contributed by atoms with Crippen molar-refractivity contribution in [1.29, 1.82) is 0 Å². The number of rotatable bonds is 3. The van der Waals surface area contributed by atoms with Crippen LogP contribution in [0.4, 0.5) is 13.2 Å². The van der Waals surface area contributed by atoms with Crippen molar-refractivity contribution in [2.75, 3.05) is 33.3 Å². The summed E-state index contributed by atoms with van der Waals surface area (Å²) in [7, 11) is 1.26. The fourth-order valence-corrected chi connectivity index (χ4v) is 2.66. The number of alkyl halides is 3. The van der Waals surface area contributed by atoms with Crippen molar-refractivity contribution in [1.82, 2.24) is 10.2 Å². The molecule has 1 aliphatic rings. The number of phenolic OH excluding ortho intramolecular Hbond substituents is 1. The highest BCUT2D eigenvalue weighted by atomic mass is 35.5. The number of hydrogen-bond donors (Lipinski definition) is 2. The summed E-state index contributed by atoms with van der Waals surface area (Å²) in [5, 5.41) is 12.9. The molecule has 1 heterocycles. The number of nitrogens with one attached hydrogen (secondary N) is 1. The Morgan fingerprint density at radius 3 is 2.48 bits per heavy atom. The van der Waals surface area contributed by atoms with Crippen molar-refractivity contribution in [2.45, 2.75) is 12.2 Å². The molecular weight excluding hydrogens is 309 g/mol. The van der Waals surface area contributed by atoms with Crippen LogP contribution in [0.2, 0.25) is 5.02 Å². The van der Waals surface area contributed by atoms with Crippen molar-refractivity contribution >= 4 is 11.6 Å². The van der Waals surface area contributed by atoms with Gasteiger partial charge >= 0.3 is 6.18 Å². The zero-order valence-electron chi connectivity index (χ0n) is 11.4. The Morgan fingerprint density at radius 2 is 1.95 bits per heavy atom. The van der Waals surface area contributed by atoms with Gasteiger partial charge < -0.3 is 15.2 Å². The minimum Gasteiger partial charge on any atom is -0.506 e. The molecular formula is C13H16ClF3N2O2. The van der Waals surface area contributed by atoms with Gasteiger partial charge in [-0.2, -0.15) is 13.2 Å². The number of nitrogens with zero attached hydrogens (tertiary/aromatic N) is 1. The van der Waals surface area contributed by atoms with E-state index in [2.05, 4.69) is 5.32 Å². The van der Waals surface area contributed by atoms with Gasteiger partial charge in [0.05, 0.1) is 17.7 Å². The van der Waals surface area contributed by atoms with E-state index in [-0.39, 0.29) is 29.4 Å². The third-order valence-electron chi connectivity index (χ3n) is 3.45. The monoisotopic (exact) mass is 324 g/mol. The molecule has 1 aromatic rings. The number of halogens is 4. The summed E-state index contributed by atoms with van der Waals surface area (Å²) in [6.45, 7) is 1.35. The molecule has 0 spiro atoms. The molecule has 0 unspecified atom stereocenters. The molecule has 0 saturated carbocycles. The van der Waals surface area contributed by atoms with Gasteiger partial charge in [0.1, 0.15) is 17.5 Å². The van der Waals surface area contributed by atoms with Crippen LogP contribution in [0.5, 0.6) is 11.5 Å². The Kier molecular flexibility index (Phi) is 4.85. The number of piperazine rings is 1. The van der Waals surface area contributed by atoms with Crippen LogP contribution in [0.1, 0.15) is 11.6 Å². The average molecular weight is 325 g/mol. The van der Waals surface area contributed by atoms with E-state index in [1.165, 1.54) is 24.1 Å². The number of ether oxygens (including phenoxy) is 1. The Bertz CT molecular complexity index is 505. The summed E-state index contributed by atoms with van der Waals surface area (Å²) in [5.41, 5.74) is -0.334. The quantitative estimate of drug-likeness (QED) is 0.897. The van der Waals surface area contributed by atoms with Crippen LogP contribution in [-0.4, -0.2) is 49.5 Å². The maximum Gasteiger partial charge on any atom is 0.408 e. The summed E-state index contributed by atoms with van der Waals surface area (Å²) in [6.07, 6.45) is -4.55. The summed E-state index contributed by atoms with van der Waals surface area (Å²) >= 11 is 5.77. The van der Waals surface area contributed by atoms with Crippen molar-refractivity contribution in [3.8, 4) is 11.5 Å². The molecule has 21 heavy (non-hydrogen) atoms. The van der Waals surface area contributed by atoms with E-state index in [1.54, 1.807) is 0 Å². The molecule has 2 rings (SSSR count). The van der Waals surface area contributed by atoms with Gasteiger partial charge in [0, 0.05) is 26.2 Å². The molecule has 2 N–H and O–H groups in total. The molecule has 1 atom stereocenters. The predicted molar refractivity (Wildman–Crippen MR) is 72.9 cm³/mol. The van der Waals surface area contributed by atoms with Gasteiger partial charge in [-0.05, 0) is 12.1 Å². The number of benzene rings is 1. The third-order valence-corrected chi connectivity index (χ3v) is 3.75. The van der Waals surface area contributed by atoms with Crippen LogP contribution in [0, 0.1) is 0 Å². The third kappa shape index (κ3) is 3.36. The average Bonchev–Trinajstić information content (AvgIpc) is 2.44. The van der Waals surface area contributed by atoms with E-state index in [0.717, 1.165) is 0 Å². The Balaban J connectivity index is 2.53. The molecule has 0 aliphatic carbocycles. The Morgan fingerprint density at radius 1 is 1.33 bits per heavy atom. The highest BCUT2D eigenvalue weighted by Crippen LogP contribution is 2.47. The first-order chi connectivity index (χ1) is 9.86. The lowest BCUT2D eigenvalue weighted by molar-refractivity contribution is -0.188. The van der Waals surface area contributed by atoms with Crippen LogP contribution in [0.15, 0.2) is 12.1 Å². The van der Waals surface area contributed by atoms with Crippen molar-refractivity contribution in [3.63, 3.8) is 0 Å². The molecule has 118 valence electrons. The molecule has 0 amide bonds. The maximum atomic E-state index is 13.5. The van der Waals surface area contributed by atoms with Gasteiger partial charge in [-0.25, -0.2) is 0 Å². The van der Waals surface area contributed by atoms with E-state index in [9.17, 15) is 18.3 Å². The second kappa shape index (κ2) is 6.29. The number of methoxy groups -OCH3 is 1. The Labute approximate surface area is 125 Å². The lowest BCUT2D eigenvalue weighted by atomic mass is 10.0. The smallest absolute Gasteiger partial charge is 0.408 e. The highest BCUT2D eigenvalue weighted by Gasteiger charge is 2.47. The predicted octanol–water partition coefficient (Wildman–Crippen LogP) is 2.56. The maximum absolute atomic E-state index is 13.5. The van der Waals surface area contributed by atoms with E-state index in [1.807, 2.05) is 0 Å². The lowest BCUT2D eigenvalue weighted by Gasteiger charge is -2.36. The second-order valence-electron chi connectivity index (χ2n) is 4.74. The van der Waals surface area contributed by atoms with Crippen molar-refractivity contribution in [3.05, 3.63) is 22.7 Å². The van der Waals surface area contributed by atoms with Gasteiger partial charge in [0.2, 0.25) is 0 Å². The first-order valence-corrected chi connectivity index (χ1v) is 6.81. The van der Waals surface area contributed by atoms with Crippen LogP contribution in [-0.2, 0) is 0 Å². The summed E-state index contributed by atoms with van der Waals surface area (Å²) in [6, 6.07) is 0.691. The zero-order chi connectivity index (χ0) is 15.6. The number of hydrogen-bond acceptors (Lipinski definition) is 4. The summed E-state index contributed by atoms with van der Waals surface area (Å²) in [5.74, 6) is -0.616. The summed E-state index contributed by atoms with van der Waals surface area (Å²) < 4.78 is 45.6. The molecule has 8 heteroatoms. The minimum atomic E-state index is -4.55. The van der Waals surface area contributed by atoms with Gasteiger partial charge in [0.25, 0.3) is 0 Å². The van der Waals surface area contributed by atoms with E-state index in [0.29, 0.717) is 13.1 Å². The first kappa shape index (κ1) is 16.2. The topological polar surface area (TPSA) is 44.7 Å². The molecule has 4 nitrogen and oxygen atoms in total. The molecule has 1 aliphatic heterocycles. The minimum absolute atomic E-state index is 0.0299. The SMILES string of the molecule is COc1ccc(Cl)c(O)c1[C@H](N1CCNCC1)C(F)(F)F. The normalized spacial score (nSPS) is 18.5. The largest absolute Gasteiger partial charge is 0.506 e. The lowest BCUT2D eigenvalue weighted by Crippen LogP contribution is -2.49. The highest BCUT2D eigenvalue weighted by molar-refractivity contribution is 6.32. The van der Waals surface area contributed by atoms with Crippen LogP contribution < -0.4 is 10.1 Å². The Hall–Kier alpha value is -1.18. The molecule has 1 saturated heterocycles. The summed E-state index contributed by atoms with van der Waals surface area (Å²) in [4.78, 5) is 1.27. The molecule has 1 aromatic carbocycles. The van der Waals surface area contributed by atoms with Crippen molar-refractivity contribution < 1.29 is 23.0 Å². The van der Waals surface area contributed by atoms with Crippen LogP contribution in [0.3, 0.4) is 0 Å². The zero-order valence-corrected chi connectivity index (χ0v) is 12.1. The number of phenols is 1. The number of aromatic hydroxyl groups is 1. The van der Waals surface area contributed by atoms with Crippen LogP contribution >= 0.6 is 11.6 Å². The van der Waals surface area contributed by atoms with E-state index in [4.69, 9.17) is 16.3 Å². The molecule has 0 bridgehead atoms. The van der Waals surface area contributed by atoms with E-state index >= 15 is 0 Å². The fourth-order valence-electron chi connectivity index (χ4n) is 2.50. The fraction of sp³-hybridized carbons (Fsp3) is 0.538. The van der Waals surface area contributed by atoms with Crippen LogP contribution in [0.25, 0.3) is 0 Å². The van der Waals surface area contributed by atoms with Gasteiger partial charge in [-0.15, -0.1) is 0 Å². The van der Waals surface area contributed by atoms with Gasteiger partial charge in [-0.1, -0.05) is 11.6 Å². The van der Waals surface area contributed by atoms with Gasteiger partial charge in [0.15, 0.2) is 0 Å². The van der Waals surface area contributed by atoms with E-state index < -0.39 is 18.0 Å². The molecule has 0 radical (unpaired) electrons. The van der Waals surface area contributed by atoms with Gasteiger partial charge in [-0.3, -0.25) is 4.90 Å². The standard InChI is InChI=1S/C13H16ClF3N2O2/c1-21-9-3-2-8(14)11(20)10(9)12(13(15,16)17)19-6-4-18-5-7-19/h2-3,12,18,20H,4-7H2,1H3/t12-/m0/s1. The van der Waals surface area contributed by atoms with Crippen molar-refractivity contribution in [2.24, 2.45) is 0 Å². The second-order valence-corrected chi connectivity index (χ2v) is 5.15. The molecule has 1 fully saturated rings. The molecule has 0 aromatic heterocycles. The first-order valence-electron chi connectivity index (χ1n) is 6.43.